The Hall–Kier alpha value is -2.48. The monoisotopic (exact) mass is 319 g/mol. The van der Waals surface area contributed by atoms with E-state index in [9.17, 15) is 9.59 Å². The zero-order valence-electron chi connectivity index (χ0n) is 11.9. The van der Waals surface area contributed by atoms with Crippen molar-refractivity contribution in [3.05, 3.63) is 28.8 Å². The number of unbranched alkanes of at least 4 members (excludes halogenated alkanes) is 1. The second-order valence-electron chi connectivity index (χ2n) is 4.72. The van der Waals surface area contributed by atoms with E-state index in [1.165, 1.54) is 11.3 Å². The van der Waals surface area contributed by atoms with Crippen LogP contribution < -0.4 is 17.2 Å². The minimum Gasteiger partial charge on any atom is -0.370 e. The van der Waals surface area contributed by atoms with Crippen molar-refractivity contribution in [3.8, 4) is 0 Å². The molecule has 22 heavy (non-hydrogen) atoms. The molecule has 0 aliphatic rings. The molecule has 0 aliphatic heterocycles. The summed E-state index contributed by atoms with van der Waals surface area (Å²) in [7, 11) is 0. The lowest BCUT2D eigenvalue weighted by molar-refractivity contribution is 0.0975. The molecule has 2 aromatic rings. The molecule has 0 atom stereocenters. The van der Waals surface area contributed by atoms with E-state index in [1.54, 1.807) is 12.1 Å². The second-order valence-corrected chi connectivity index (χ2v) is 5.75. The number of fused-ring (bicyclic) bond motifs is 1. The summed E-state index contributed by atoms with van der Waals surface area (Å²) in [6, 6.07) is 5.15. The van der Waals surface area contributed by atoms with Gasteiger partial charge >= 0.3 is 0 Å². The number of nitrogens with zero attached hydrogens (tertiary/aromatic N) is 2. The van der Waals surface area contributed by atoms with Crippen molar-refractivity contribution in [1.29, 1.82) is 0 Å². The van der Waals surface area contributed by atoms with E-state index in [0.29, 0.717) is 35.5 Å². The van der Waals surface area contributed by atoms with Crippen LogP contribution in [0.25, 0.3) is 10.2 Å². The van der Waals surface area contributed by atoms with Gasteiger partial charge in [-0.15, -0.1) is 11.3 Å². The summed E-state index contributed by atoms with van der Waals surface area (Å²) in [5.41, 5.74) is 16.6. The number of carbonyl (C=O) groups excluding carboxylic acids is 2. The third-order valence-corrected chi connectivity index (χ3v) is 4.09. The number of guanidine groups is 1. The minimum atomic E-state index is -0.549. The SMILES string of the molecule is NC(=O)c1cccc2sc(C(=O)CCCCN=C(N)N)nc12. The van der Waals surface area contributed by atoms with Gasteiger partial charge in [-0.1, -0.05) is 6.07 Å². The molecule has 1 aromatic carbocycles. The first-order chi connectivity index (χ1) is 10.5. The maximum absolute atomic E-state index is 12.1. The number of benzene rings is 1. The first-order valence-electron chi connectivity index (χ1n) is 6.77. The Morgan fingerprint density at radius 3 is 2.64 bits per heavy atom. The fourth-order valence-electron chi connectivity index (χ4n) is 1.98. The lowest BCUT2D eigenvalue weighted by Crippen LogP contribution is -2.22. The number of hydrogen-bond acceptors (Lipinski definition) is 5. The van der Waals surface area contributed by atoms with Crippen LogP contribution in [0.15, 0.2) is 23.2 Å². The van der Waals surface area contributed by atoms with Crippen LogP contribution in [-0.4, -0.2) is 29.2 Å². The zero-order chi connectivity index (χ0) is 16.1. The normalized spacial score (nSPS) is 10.5. The molecule has 0 aliphatic carbocycles. The molecule has 0 radical (unpaired) electrons. The van der Waals surface area contributed by atoms with Crippen LogP contribution >= 0.6 is 11.3 Å². The number of Topliss-reactive ketones (excluding diaryl/α,β-unsaturated/α-hetero) is 1. The maximum atomic E-state index is 12.1. The van der Waals surface area contributed by atoms with Gasteiger partial charge in [0.05, 0.1) is 15.8 Å². The number of hydrogen-bond donors (Lipinski definition) is 3. The number of primary amides is 1. The van der Waals surface area contributed by atoms with Crippen molar-refractivity contribution < 1.29 is 9.59 Å². The molecule has 0 fully saturated rings. The van der Waals surface area contributed by atoms with E-state index < -0.39 is 5.91 Å². The number of carbonyl (C=O) groups is 2. The molecule has 2 rings (SSSR count). The van der Waals surface area contributed by atoms with Crippen LogP contribution in [0, 0.1) is 0 Å². The lowest BCUT2D eigenvalue weighted by Gasteiger charge is -1.97. The summed E-state index contributed by atoms with van der Waals surface area (Å²) in [5, 5.41) is 0.394. The molecule has 0 saturated carbocycles. The van der Waals surface area contributed by atoms with Gasteiger partial charge in [0.2, 0.25) is 0 Å². The molecule has 0 unspecified atom stereocenters. The van der Waals surface area contributed by atoms with Gasteiger partial charge in [-0.25, -0.2) is 4.98 Å². The number of aliphatic imine (C=N–C) groups is 1. The number of ketones is 1. The highest BCUT2D eigenvalue weighted by molar-refractivity contribution is 7.20. The van der Waals surface area contributed by atoms with Crippen LogP contribution in [0.3, 0.4) is 0 Å². The number of thiazole rings is 1. The van der Waals surface area contributed by atoms with E-state index >= 15 is 0 Å². The molecular weight excluding hydrogens is 302 g/mol. The highest BCUT2D eigenvalue weighted by atomic mass is 32.1. The van der Waals surface area contributed by atoms with Crippen molar-refractivity contribution >= 4 is 39.2 Å². The van der Waals surface area contributed by atoms with Crippen molar-refractivity contribution in [1.82, 2.24) is 4.98 Å². The summed E-state index contributed by atoms with van der Waals surface area (Å²) in [4.78, 5) is 31.6. The van der Waals surface area contributed by atoms with Crippen molar-refractivity contribution in [2.75, 3.05) is 6.54 Å². The van der Waals surface area contributed by atoms with Crippen LogP contribution in [0.4, 0.5) is 0 Å². The van der Waals surface area contributed by atoms with Crippen molar-refractivity contribution in [2.45, 2.75) is 19.3 Å². The third-order valence-electron chi connectivity index (χ3n) is 3.03. The quantitative estimate of drug-likeness (QED) is 0.303. The first-order valence-corrected chi connectivity index (χ1v) is 7.58. The molecular formula is C14H17N5O2S. The molecule has 0 spiro atoms. The summed E-state index contributed by atoms with van der Waals surface area (Å²) >= 11 is 1.27. The molecule has 1 aromatic heterocycles. The molecule has 0 saturated heterocycles. The fraction of sp³-hybridized carbons (Fsp3) is 0.286. The molecule has 1 amide bonds. The standard InChI is InChI=1S/C14H17N5O2S/c15-12(21)8-4-3-6-10-11(8)19-13(22-10)9(20)5-1-2-7-18-14(16)17/h3-4,6H,1-2,5,7H2,(H2,15,21)(H4,16,17,18). The van der Waals surface area contributed by atoms with E-state index in [0.717, 1.165) is 11.1 Å². The largest absolute Gasteiger partial charge is 0.370 e. The third kappa shape index (κ3) is 3.79. The topological polar surface area (TPSA) is 137 Å². The first kappa shape index (κ1) is 15.9. The summed E-state index contributed by atoms with van der Waals surface area (Å²) in [5.74, 6) is -0.551. The Labute approximate surface area is 131 Å². The minimum absolute atomic E-state index is 0.0523. The second kappa shape index (κ2) is 6.99. The summed E-state index contributed by atoms with van der Waals surface area (Å²) < 4.78 is 0.778. The Bertz CT molecular complexity index is 734. The summed E-state index contributed by atoms with van der Waals surface area (Å²) in [6.07, 6.45) is 1.76. The van der Waals surface area contributed by atoms with E-state index in [-0.39, 0.29) is 11.7 Å². The highest BCUT2D eigenvalue weighted by Gasteiger charge is 2.15. The molecule has 6 N–H and O–H groups in total. The maximum Gasteiger partial charge on any atom is 0.250 e. The molecule has 8 heteroatoms. The van der Waals surface area contributed by atoms with Crippen LogP contribution in [0.1, 0.15) is 39.4 Å². The van der Waals surface area contributed by atoms with Gasteiger partial charge in [0.15, 0.2) is 16.8 Å². The molecule has 7 nitrogen and oxygen atoms in total. The number of para-hydroxylation sites is 1. The van der Waals surface area contributed by atoms with Gasteiger partial charge in [-0.05, 0) is 25.0 Å². The summed E-state index contributed by atoms with van der Waals surface area (Å²) in [6.45, 7) is 0.501. The molecule has 116 valence electrons. The van der Waals surface area contributed by atoms with Crippen LogP contribution in [-0.2, 0) is 0 Å². The average molecular weight is 319 g/mol. The van der Waals surface area contributed by atoms with Gasteiger partial charge in [0.1, 0.15) is 0 Å². The Kier molecular flexibility index (Phi) is 5.05. The fourth-order valence-corrected chi connectivity index (χ4v) is 2.94. The Balaban J connectivity index is 2.05. The van der Waals surface area contributed by atoms with Crippen LogP contribution in [0.5, 0.6) is 0 Å². The van der Waals surface area contributed by atoms with Crippen molar-refractivity contribution in [3.63, 3.8) is 0 Å². The van der Waals surface area contributed by atoms with E-state index in [2.05, 4.69) is 9.98 Å². The number of amides is 1. The molecule has 0 bridgehead atoms. The average Bonchev–Trinajstić information content (AvgIpc) is 2.89. The van der Waals surface area contributed by atoms with E-state index in [4.69, 9.17) is 17.2 Å². The lowest BCUT2D eigenvalue weighted by atomic mass is 10.1. The van der Waals surface area contributed by atoms with Gasteiger partial charge in [-0.3, -0.25) is 14.6 Å². The number of rotatable bonds is 7. The van der Waals surface area contributed by atoms with Gasteiger partial charge in [0.25, 0.3) is 5.91 Å². The predicted octanol–water partition coefficient (Wildman–Crippen LogP) is 1.02. The smallest absolute Gasteiger partial charge is 0.250 e. The van der Waals surface area contributed by atoms with Crippen LogP contribution in [0.2, 0.25) is 0 Å². The Morgan fingerprint density at radius 2 is 1.95 bits per heavy atom. The van der Waals surface area contributed by atoms with Gasteiger partial charge < -0.3 is 17.2 Å². The van der Waals surface area contributed by atoms with Gasteiger partial charge in [-0.2, -0.15) is 0 Å². The highest BCUT2D eigenvalue weighted by Crippen LogP contribution is 2.26. The van der Waals surface area contributed by atoms with E-state index in [1.807, 2.05) is 6.07 Å². The zero-order valence-corrected chi connectivity index (χ0v) is 12.7. The molecule has 1 heterocycles. The number of aromatic nitrogens is 1. The number of nitrogens with two attached hydrogens (primary N) is 3. The van der Waals surface area contributed by atoms with Gasteiger partial charge in [0, 0.05) is 13.0 Å². The predicted molar refractivity (Wildman–Crippen MR) is 87.0 cm³/mol. The Morgan fingerprint density at radius 1 is 1.18 bits per heavy atom. The van der Waals surface area contributed by atoms with Crippen molar-refractivity contribution in [2.24, 2.45) is 22.2 Å².